The van der Waals surface area contributed by atoms with Crippen LogP contribution in [0.1, 0.15) is 39.0 Å². The highest BCUT2D eigenvalue weighted by atomic mass is 15.2. The van der Waals surface area contributed by atoms with Crippen LogP contribution in [0.2, 0.25) is 0 Å². The zero-order chi connectivity index (χ0) is 11.0. The summed E-state index contributed by atoms with van der Waals surface area (Å²) in [7, 11) is 0. The Kier molecular flexibility index (Phi) is 3.21. The summed E-state index contributed by atoms with van der Waals surface area (Å²) in [6.45, 7) is 7.53. The first kappa shape index (κ1) is 11.0. The Balaban J connectivity index is 1.51. The van der Waals surface area contributed by atoms with Gasteiger partial charge in [-0.1, -0.05) is 0 Å². The van der Waals surface area contributed by atoms with Crippen LogP contribution in [0, 0.1) is 17.8 Å². The van der Waals surface area contributed by atoms with Crippen molar-refractivity contribution < 1.29 is 0 Å². The summed E-state index contributed by atoms with van der Waals surface area (Å²) in [5.41, 5.74) is 0. The summed E-state index contributed by atoms with van der Waals surface area (Å²) in [5.74, 6) is 3.29. The molecule has 3 rings (SSSR count). The maximum absolute atomic E-state index is 3.60. The zero-order valence-electron chi connectivity index (χ0n) is 10.6. The van der Waals surface area contributed by atoms with Gasteiger partial charge in [0, 0.05) is 25.7 Å². The van der Waals surface area contributed by atoms with E-state index in [0.29, 0.717) is 0 Å². The molecule has 1 N–H and O–H groups in total. The van der Waals surface area contributed by atoms with Crippen molar-refractivity contribution in [2.45, 2.75) is 45.1 Å². The second kappa shape index (κ2) is 4.66. The van der Waals surface area contributed by atoms with E-state index in [2.05, 4.69) is 17.1 Å². The minimum absolute atomic E-state index is 0.727. The topological polar surface area (TPSA) is 15.3 Å². The van der Waals surface area contributed by atoms with Crippen LogP contribution < -0.4 is 5.32 Å². The van der Waals surface area contributed by atoms with Crippen molar-refractivity contribution in [2.75, 3.05) is 26.2 Å². The third-order valence-corrected chi connectivity index (χ3v) is 4.72. The monoisotopic (exact) mass is 222 g/mol. The molecular weight excluding hydrogens is 196 g/mol. The molecule has 0 aromatic carbocycles. The van der Waals surface area contributed by atoms with Crippen LogP contribution in [-0.4, -0.2) is 37.1 Å². The van der Waals surface area contributed by atoms with Crippen molar-refractivity contribution in [3.8, 4) is 0 Å². The van der Waals surface area contributed by atoms with Gasteiger partial charge in [-0.2, -0.15) is 0 Å². The van der Waals surface area contributed by atoms with Gasteiger partial charge in [0.2, 0.25) is 0 Å². The van der Waals surface area contributed by atoms with Gasteiger partial charge in [0.25, 0.3) is 0 Å². The second-order valence-electron chi connectivity index (χ2n) is 6.28. The largest absolute Gasteiger partial charge is 0.313 e. The quantitative estimate of drug-likeness (QED) is 0.784. The molecule has 1 atom stereocenters. The second-order valence-corrected chi connectivity index (χ2v) is 6.28. The van der Waals surface area contributed by atoms with Crippen LogP contribution in [-0.2, 0) is 0 Å². The maximum atomic E-state index is 3.60. The molecule has 0 aromatic rings. The highest BCUT2D eigenvalue weighted by molar-refractivity contribution is 4.93. The number of nitrogens with one attached hydrogen (secondary N) is 1. The summed E-state index contributed by atoms with van der Waals surface area (Å²) in [5, 5.41) is 3.60. The average Bonchev–Trinajstić information content (AvgIpc) is 3.13. The molecule has 1 saturated heterocycles. The molecule has 3 fully saturated rings. The Morgan fingerprint density at radius 3 is 2.38 bits per heavy atom. The fraction of sp³-hybridized carbons (Fsp3) is 1.00. The first-order valence-electron chi connectivity index (χ1n) is 7.28. The smallest absolute Gasteiger partial charge is 0.0107 e. The fourth-order valence-electron chi connectivity index (χ4n) is 3.27. The molecule has 1 unspecified atom stereocenters. The van der Waals surface area contributed by atoms with Gasteiger partial charge in [-0.15, -0.1) is 0 Å². The van der Waals surface area contributed by atoms with Crippen molar-refractivity contribution >= 4 is 0 Å². The van der Waals surface area contributed by atoms with Gasteiger partial charge in [-0.3, -0.25) is 0 Å². The fourth-order valence-corrected chi connectivity index (χ4v) is 3.27. The van der Waals surface area contributed by atoms with Gasteiger partial charge in [0.1, 0.15) is 0 Å². The van der Waals surface area contributed by atoms with Crippen molar-refractivity contribution in [1.82, 2.24) is 10.2 Å². The lowest BCUT2D eigenvalue weighted by Crippen LogP contribution is -2.34. The van der Waals surface area contributed by atoms with E-state index < -0.39 is 0 Å². The lowest BCUT2D eigenvalue weighted by atomic mass is 9.97. The summed E-state index contributed by atoms with van der Waals surface area (Å²) >= 11 is 0. The molecule has 0 bridgehead atoms. The first-order valence-corrected chi connectivity index (χ1v) is 7.28. The van der Waals surface area contributed by atoms with Crippen LogP contribution in [0.3, 0.4) is 0 Å². The third-order valence-electron chi connectivity index (χ3n) is 4.72. The van der Waals surface area contributed by atoms with Crippen LogP contribution >= 0.6 is 0 Å². The van der Waals surface area contributed by atoms with E-state index in [1.54, 1.807) is 0 Å². The van der Waals surface area contributed by atoms with Gasteiger partial charge >= 0.3 is 0 Å². The zero-order valence-corrected chi connectivity index (χ0v) is 10.6. The lowest BCUT2D eigenvalue weighted by Gasteiger charge is -2.26. The molecule has 92 valence electrons. The molecule has 3 aliphatic rings. The van der Waals surface area contributed by atoms with E-state index in [-0.39, 0.29) is 0 Å². The number of rotatable bonds is 4. The van der Waals surface area contributed by atoms with Gasteiger partial charge in [-0.05, 0) is 63.3 Å². The highest BCUT2D eigenvalue weighted by Gasteiger charge is 2.41. The molecule has 1 heterocycles. The summed E-state index contributed by atoms with van der Waals surface area (Å²) in [6, 6.07) is 0.727. The SMILES string of the molecule is CC1CCN(CC(C2CC2)C2CC2)CCN1. The van der Waals surface area contributed by atoms with Crippen molar-refractivity contribution in [2.24, 2.45) is 17.8 Å². The first-order chi connectivity index (χ1) is 7.83. The predicted molar refractivity (Wildman–Crippen MR) is 67.5 cm³/mol. The molecule has 16 heavy (non-hydrogen) atoms. The number of nitrogens with zero attached hydrogens (tertiary/aromatic N) is 1. The Morgan fingerprint density at radius 2 is 1.75 bits per heavy atom. The Hall–Kier alpha value is -0.0800. The van der Waals surface area contributed by atoms with Gasteiger partial charge in [0.15, 0.2) is 0 Å². The van der Waals surface area contributed by atoms with Gasteiger partial charge in [0.05, 0.1) is 0 Å². The minimum atomic E-state index is 0.727. The molecule has 0 spiro atoms. The van der Waals surface area contributed by atoms with E-state index >= 15 is 0 Å². The lowest BCUT2D eigenvalue weighted by molar-refractivity contribution is 0.213. The highest BCUT2D eigenvalue weighted by Crippen LogP contribution is 2.49. The van der Waals surface area contributed by atoms with E-state index in [1.165, 1.54) is 58.3 Å². The molecule has 2 heteroatoms. The van der Waals surface area contributed by atoms with Gasteiger partial charge in [-0.25, -0.2) is 0 Å². The standard InChI is InChI=1S/C14H26N2/c1-11-6-8-16(9-7-15-11)10-14(12-2-3-12)13-4-5-13/h11-15H,2-10H2,1H3. The van der Waals surface area contributed by atoms with Crippen LogP contribution in [0.5, 0.6) is 0 Å². The van der Waals surface area contributed by atoms with Crippen LogP contribution in [0.15, 0.2) is 0 Å². The maximum Gasteiger partial charge on any atom is 0.0107 e. The van der Waals surface area contributed by atoms with E-state index in [1.807, 2.05) is 0 Å². The molecule has 2 nitrogen and oxygen atoms in total. The number of hydrogen-bond acceptors (Lipinski definition) is 2. The van der Waals surface area contributed by atoms with Crippen molar-refractivity contribution in [1.29, 1.82) is 0 Å². The molecule has 0 radical (unpaired) electrons. The molecule has 1 aliphatic heterocycles. The Bertz CT molecular complexity index is 221. The normalized spacial score (nSPS) is 33.0. The van der Waals surface area contributed by atoms with E-state index in [0.717, 1.165) is 23.8 Å². The van der Waals surface area contributed by atoms with Crippen LogP contribution in [0.4, 0.5) is 0 Å². The molecule has 0 amide bonds. The van der Waals surface area contributed by atoms with Crippen molar-refractivity contribution in [3.63, 3.8) is 0 Å². The van der Waals surface area contributed by atoms with Crippen molar-refractivity contribution in [3.05, 3.63) is 0 Å². The molecule has 2 aliphatic carbocycles. The average molecular weight is 222 g/mol. The predicted octanol–water partition coefficient (Wildman–Crippen LogP) is 2.11. The molecular formula is C14H26N2. The van der Waals surface area contributed by atoms with Gasteiger partial charge < -0.3 is 10.2 Å². The summed E-state index contributed by atoms with van der Waals surface area (Å²) < 4.78 is 0. The third kappa shape index (κ3) is 2.78. The summed E-state index contributed by atoms with van der Waals surface area (Å²) in [4.78, 5) is 2.73. The summed E-state index contributed by atoms with van der Waals surface area (Å²) in [6.07, 6.45) is 7.46. The van der Waals surface area contributed by atoms with E-state index in [9.17, 15) is 0 Å². The molecule has 2 saturated carbocycles. The Labute approximate surface area is 99.8 Å². The minimum Gasteiger partial charge on any atom is -0.313 e. The number of hydrogen-bond donors (Lipinski definition) is 1. The van der Waals surface area contributed by atoms with Crippen LogP contribution in [0.25, 0.3) is 0 Å². The Morgan fingerprint density at radius 1 is 1.06 bits per heavy atom. The molecule has 0 aromatic heterocycles. The van der Waals surface area contributed by atoms with E-state index in [4.69, 9.17) is 0 Å².